The van der Waals surface area contributed by atoms with Crippen molar-refractivity contribution < 1.29 is 27.4 Å². The van der Waals surface area contributed by atoms with E-state index in [0.717, 1.165) is 4.31 Å². The Bertz CT molecular complexity index is 848. The molecule has 142 valence electrons. The van der Waals surface area contributed by atoms with E-state index in [0.29, 0.717) is 23.7 Å². The first-order valence-electron chi connectivity index (χ1n) is 7.64. The molecule has 2 rings (SSSR count). The lowest BCUT2D eigenvalue weighted by Crippen LogP contribution is -2.39. The van der Waals surface area contributed by atoms with Crippen molar-refractivity contribution in [2.24, 2.45) is 4.40 Å². The topological polar surface area (TPSA) is 107 Å². The van der Waals surface area contributed by atoms with Crippen molar-refractivity contribution in [3.8, 4) is 11.5 Å². The first-order chi connectivity index (χ1) is 12.3. The number of allylic oxidation sites excluding steroid dienone is 1. The summed E-state index contributed by atoms with van der Waals surface area (Å²) in [5, 5.41) is 2.60. The Morgan fingerprint density at radius 3 is 2.50 bits per heavy atom. The number of amides is 1. The quantitative estimate of drug-likeness (QED) is 0.680. The lowest BCUT2D eigenvalue weighted by atomic mass is 10.1. The minimum atomic E-state index is -4.03. The molecule has 0 unspecified atom stereocenters. The summed E-state index contributed by atoms with van der Waals surface area (Å²) < 4.78 is 44.5. The Kier molecular flexibility index (Phi) is 6.22. The van der Waals surface area contributed by atoms with Crippen LogP contribution in [0.25, 0.3) is 0 Å². The van der Waals surface area contributed by atoms with E-state index in [-0.39, 0.29) is 18.0 Å². The summed E-state index contributed by atoms with van der Waals surface area (Å²) in [6, 6.07) is 4.86. The van der Waals surface area contributed by atoms with Crippen LogP contribution in [0.4, 0.5) is 0 Å². The van der Waals surface area contributed by atoms with E-state index in [4.69, 9.17) is 14.2 Å². The fourth-order valence-corrected chi connectivity index (χ4v) is 3.17. The molecule has 0 bridgehead atoms. The zero-order valence-electron chi connectivity index (χ0n) is 15.0. The molecule has 1 aromatic rings. The van der Waals surface area contributed by atoms with Crippen LogP contribution in [0, 0.1) is 0 Å². The van der Waals surface area contributed by atoms with E-state index in [1.807, 2.05) is 0 Å². The van der Waals surface area contributed by atoms with Gasteiger partial charge in [0.1, 0.15) is 5.70 Å². The van der Waals surface area contributed by atoms with Gasteiger partial charge in [-0.05, 0) is 24.3 Å². The highest BCUT2D eigenvalue weighted by atomic mass is 32.2. The van der Waals surface area contributed by atoms with Gasteiger partial charge in [0.15, 0.2) is 11.5 Å². The van der Waals surface area contributed by atoms with Gasteiger partial charge in [0, 0.05) is 26.3 Å². The zero-order valence-corrected chi connectivity index (χ0v) is 15.8. The summed E-state index contributed by atoms with van der Waals surface area (Å²) in [6.45, 7) is 0.565. The summed E-state index contributed by atoms with van der Waals surface area (Å²) >= 11 is 0. The molecule has 10 heteroatoms. The van der Waals surface area contributed by atoms with Crippen molar-refractivity contribution in [2.45, 2.75) is 0 Å². The number of hydrogen-bond acceptors (Lipinski definition) is 6. The van der Waals surface area contributed by atoms with Crippen LogP contribution in [-0.2, 0) is 19.7 Å². The minimum absolute atomic E-state index is 0.0408. The molecule has 0 saturated carbocycles. The van der Waals surface area contributed by atoms with E-state index in [2.05, 4.69) is 9.71 Å². The molecule has 1 N–H and O–H groups in total. The molecule has 1 aliphatic rings. The van der Waals surface area contributed by atoms with Gasteiger partial charge in [0.05, 0.1) is 26.5 Å². The smallest absolute Gasteiger partial charge is 0.345 e. The van der Waals surface area contributed by atoms with Crippen molar-refractivity contribution in [3.63, 3.8) is 0 Å². The van der Waals surface area contributed by atoms with Gasteiger partial charge in [-0.25, -0.2) is 4.31 Å². The number of likely N-dealkylation sites (N-methyl/N-ethyl adjacent to an activating group) is 1. The highest BCUT2D eigenvalue weighted by Gasteiger charge is 2.30. The van der Waals surface area contributed by atoms with Gasteiger partial charge in [-0.15, -0.1) is 4.40 Å². The molecule has 0 saturated heterocycles. The van der Waals surface area contributed by atoms with E-state index in [1.54, 1.807) is 18.2 Å². The van der Waals surface area contributed by atoms with Gasteiger partial charge >= 0.3 is 10.2 Å². The zero-order chi connectivity index (χ0) is 19.3. The van der Waals surface area contributed by atoms with Crippen LogP contribution < -0.4 is 14.8 Å². The maximum absolute atomic E-state index is 12.3. The summed E-state index contributed by atoms with van der Waals surface area (Å²) in [6.07, 6.45) is 1.41. The van der Waals surface area contributed by atoms with E-state index < -0.39 is 16.1 Å². The van der Waals surface area contributed by atoms with Crippen molar-refractivity contribution in [3.05, 3.63) is 35.5 Å². The molecular formula is C16H21N3O6S. The SMILES string of the molecule is COCCNC(=O)C1=CC(c2ccc(OC)c(OC)c2)=NS(=O)(=O)N1C. The monoisotopic (exact) mass is 383 g/mol. The van der Waals surface area contributed by atoms with Crippen LogP contribution in [0.3, 0.4) is 0 Å². The van der Waals surface area contributed by atoms with E-state index in [1.165, 1.54) is 34.5 Å². The Balaban J connectivity index is 2.42. The number of methoxy groups -OCH3 is 3. The second kappa shape index (κ2) is 8.19. The van der Waals surface area contributed by atoms with Gasteiger partial charge < -0.3 is 19.5 Å². The summed E-state index contributed by atoms with van der Waals surface area (Å²) in [5.74, 6) is 0.374. The normalized spacial score (nSPS) is 15.8. The average Bonchev–Trinajstić information content (AvgIpc) is 2.63. The maximum Gasteiger partial charge on any atom is 0.345 e. The average molecular weight is 383 g/mol. The lowest BCUT2D eigenvalue weighted by molar-refractivity contribution is -0.118. The Morgan fingerprint density at radius 2 is 1.88 bits per heavy atom. The first-order valence-corrected chi connectivity index (χ1v) is 9.03. The number of hydrogen-bond donors (Lipinski definition) is 1. The number of nitrogens with one attached hydrogen (secondary N) is 1. The molecule has 0 aliphatic carbocycles. The number of benzene rings is 1. The van der Waals surface area contributed by atoms with Gasteiger partial charge in [-0.3, -0.25) is 4.79 Å². The predicted molar refractivity (Wildman–Crippen MR) is 95.7 cm³/mol. The van der Waals surface area contributed by atoms with Crippen LogP contribution in [0.15, 0.2) is 34.4 Å². The first kappa shape index (κ1) is 19.7. The van der Waals surface area contributed by atoms with E-state index >= 15 is 0 Å². The Hall–Kier alpha value is -2.59. The summed E-state index contributed by atoms with van der Waals surface area (Å²) in [5.41, 5.74) is 0.559. The van der Waals surface area contributed by atoms with Crippen molar-refractivity contribution in [1.29, 1.82) is 0 Å². The number of ether oxygens (including phenoxy) is 3. The van der Waals surface area contributed by atoms with Crippen LogP contribution in [0.5, 0.6) is 11.5 Å². The molecule has 9 nitrogen and oxygen atoms in total. The number of carbonyl (C=O) groups is 1. The molecule has 0 spiro atoms. The third-order valence-corrected chi connectivity index (χ3v) is 4.99. The lowest BCUT2D eigenvalue weighted by Gasteiger charge is -2.23. The molecular weight excluding hydrogens is 362 g/mol. The van der Waals surface area contributed by atoms with E-state index in [9.17, 15) is 13.2 Å². The largest absolute Gasteiger partial charge is 0.493 e. The molecule has 1 heterocycles. The second-order valence-corrected chi connectivity index (χ2v) is 6.90. The highest BCUT2D eigenvalue weighted by molar-refractivity contribution is 7.88. The summed E-state index contributed by atoms with van der Waals surface area (Å²) in [4.78, 5) is 12.3. The minimum Gasteiger partial charge on any atom is -0.493 e. The molecule has 26 heavy (non-hydrogen) atoms. The van der Waals surface area contributed by atoms with Crippen LogP contribution in [0.2, 0.25) is 0 Å². The molecule has 0 fully saturated rings. The van der Waals surface area contributed by atoms with Gasteiger partial charge in [-0.1, -0.05) is 0 Å². The predicted octanol–water partition coefficient (Wildman–Crippen LogP) is 0.330. The standard InChI is InChI=1S/C16H21N3O6S/c1-19-13(16(20)17-7-8-23-2)10-12(18-26(19,21)22)11-5-6-14(24-3)15(9-11)25-4/h5-6,9-10H,7-8H2,1-4H3,(H,17,20). The van der Waals surface area contributed by atoms with Gasteiger partial charge in [-0.2, -0.15) is 8.42 Å². The highest BCUT2D eigenvalue weighted by Crippen LogP contribution is 2.29. The van der Waals surface area contributed by atoms with Crippen LogP contribution >= 0.6 is 0 Å². The fourth-order valence-electron chi connectivity index (χ4n) is 2.25. The number of carbonyl (C=O) groups excluding carboxylic acids is 1. The second-order valence-electron chi connectivity index (χ2n) is 5.27. The Labute approximate surface area is 152 Å². The maximum atomic E-state index is 12.3. The molecule has 0 aromatic heterocycles. The molecule has 0 atom stereocenters. The molecule has 1 aromatic carbocycles. The van der Waals surface area contributed by atoms with Gasteiger partial charge in [0.25, 0.3) is 5.91 Å². The fraction of sp³-hybridized carbons (Fsp3) is 0.375. The number of nitrogens with zero attached hydrogens (tertiary/aromatic N) is 2. The molecule has 0 radical (unpaired) electrons. The van der Waals surface area contributed by atoms with Crippen molar-refractivity contribution in [1.82, 2.24) is 9.62 Å². The van der Waals surface area contributed by atoms with Crippen LogP contribution in [0.1, 0.15) is 5.56 Å². The van der Waals surface area contributed by atoms with Crippen molar-refractivity contribution in [2.75, 3.05) is 41.5 Å². The number of rotatable bonds is 7. The third kappa shape index (κ3) is 4.14. The van der Waals surface area contributed by atoms with Gasteiger partial charge in [0.2, 0.25) is 0 Å². The molecule has 1 amide bonds. The van der Waals surface area contributed by atoms with Crippen LogP contribution in [-0.4, -0.2) is 65.9 Å². The Morgan fingerprint density at radius 1 is 1.19 bits per heavy atom. The van der Waals surface area contributed by atoms with Crippen molar-refractivity contribution >= 4 is 21.8 Å². The summed E-state index contributed by atoms with van der Waals surface area (Å²) in [7, 11) is 1.71. The third-order valence-electron chi connectivity index (χ3n) is 3.68. The molecule has 1 aliphatic heterocycles.